The standard InChI is InChI=1S/C15H18N4O2/c1-12(20)18-14(19-10-6-5-9-17-19)15(21)16-11-13-7-3-2-4-8-13/h2-10,14,17H,11H2,1H3,(H,16,21)(H,18,20). The number of nitrogens with one attached hydrogen (secondary N) is 3. The molecule has 0 aromatic heterocycles. The highest BCUT2D eigenvalue weighted by Crippen LogP contribution is 2.01. The molecule has 1 aliphatic rings. The summed E-state index contributed by atoms with van der Waals surface area (Å²) in [4.78, 5) is 23.6. The minimum Gasteiger partial charge on any atom is -0.349 e. The molecule has 0 saturated carbocycles. The van der Waals surface area contributed by atoms with E-state index in [1.807, 2.05) is 30.3 Å². The van der Waals surface area contributed by atoms with Gasteiger partial charge in [0.05, 0.1) is 0 Å². The highest BCUT2D eigenvalue weighted by molar-refractivity contribution is 5.86. The number of allylic oxidation sites excluding steroid dienone is 2. The van der Waals surface area contributed by atoms with Gasteiger partial charge in [-0.3, -0.25) is 14.6 Å². The number of nitrogens with zero attached hydrogens (tertiary/aromatic N) is 1. The first kappa shape index (κ1) is 14.6. The Kier molecular flexibility index (Phi) is 4.98. The van der Waals surface area contributed by atoms with Crippen LogP contribution in [0, 0.1) is 0 Å². The van der Waals surface area contributed by atoms with E-state index in [1.54, 1.807) is 24.6 Å². The van der Waals surface area contributed by atoms with E-state index in [-0.39, 0.29) is 11.8 Å². The van der Waals surface area contributed by atoms with Crippen LogP contribution in [0.2, 0.25) is 0 Å². The van der Waals surface area contributed by atoms with E-state index in [2.05, 4.69) is 16.1 Å². The molecule has 1 heterocycles. The number of rotatable bonds is 5. The van der Waals surface area contributed by atoms with Gasteiger partial charge in [-0.05, 0) is 17.7 Å². The lowest BCUT2D eigenvalue weighted by Crippen LogP contribution is -2.57. The summed E-state index contributed by atoms with van der Waals surface area (Å²) in [5.74, 6) is -0.568. The molecule has 0 radical (unpaired) electrons. The Morgan fingerprint density at radius 3 is 2.62 bits per heavy atom. The van der Waals surface area contributed by atoms with Crippen molar-refractivity contribution in [3.63, 3.8) is 0 Å². The molecule has 1 unspecified atom stereocenters. The van der Waals surface area contributed by atoms with E-state index >= 15 is 0 Å². The maximum absolute atomic E-state index is 12.3. The van der Waals surface area contributed by atoms with Crippen molar-refractivity contribution in [2.24, 2.45) is 0 Å². The van der Waals surface area contributed by atoms with Gasteiger partial charge in [0.2, 0.25) is 5.91 Å². The molecule has 110 valence electrons. The summed E-state index contributed by atoms with van der Waals surface area (Å²) in [6.07, 6.45) is 6.12. The maximum Gasteiger partial charge on any atom is 0.265 e. The van der Waals surface area contributed by atoms with Crippen molar-refractivity contribution in [2.45, 2.75) is 19.6 Å². The van der Waals surface area contributed by atoms with Gasteiger partial charge >= 0.3 is 0 Å². The topological polar surface area (TPSA) is 73.5 Å². The molecule has 1 aromatic carbocycles. The van der Waals surface area contributed by atoms with Gasteiger partial charge in [-0.15, -0.1) is 0 Å². The van der Waals surface area contributed by atoms with Crippen LogP contribution in [0.1, 0.15) is 12.5 Å². The zero-order valence-electron chi connectivity index (χ0n) is 11.7. The molecule has 1 atom stereocenters. The van der Waals surface area contributed by atoms with Gasteiger partial charge in [-0.2, -0.15) is 0 Å². The summed E-state index contributed by atoms with van der Waals surface area (Å²) < 4.78 is 0. The van der Waals surface area contributed by atoms with Gasteiger partial charge < -0.3 is 16.1 Å². The average molecular weight is 286 g/mol. The van der Waals surface area contributed by atoms with Gasteiger partial charge in [0.25, 0.3) is 5.91 Å². The van der Waals surface area contributed by atoms with Crippen LogP contribution < -0.4 is 16.1 Å². The third-order valence-electron chi connectivity index (χ3n) is 2.85. The van der Waals surface area contributed by atoms with Crippen molar-refractivity contribution >= 4 is 11.8 Å². The Morgan fingerprint density at radius 2 is 2.00 bits per heavy atom. The monoisotopic (exact) mass is 286 g/mol. The second-order valence-electron chi connectivity index (χ2n) is 4.54. The van der Waals surface area contributed by atoms with E-state index in [1.165, 1.54) is 11.9 Å². The fourth-order valence-corrected chi connectivity index (χ4v) is 1.87. The molecule has 3 N–H and O–H groups in total. The molecule has 1 aliphatic heterocycles. The third-order valence-corrected chi connectivity index (χ3v) is 2.85. The maximum atomic E-state index is 12.3. The second kappa shape index (κ2) is 7.14. The molecule has 21 heavy (non-hydrogen) atoms. The number of amides is 2. The Balaban J connectivity index is 1.98. The summed E-state index contributed by atoms with van der Waals surface area (Å²) in [7, 11) is 0. The predicted octanol–water partition coefficient (Wildman–Crippen LogP) is 0.613. The smallest absolute Gasteiger partial charge is 0.265 e. The second-order valence-corrected chi connectivity index (χ2v) is 4.54. The van der Waals surface area contributed by atoms with Gasteiger partial charge in [-0.25, -0.2) is 0 Å². The van der Waals surface area contributed by atoms with Crippen LogP contribution in [-0.4, -0.2) is 23.0 Å². The fourth-order valence-electron chi connectivity index (χ4n) is 1.87. The molecule has 1 aromatic rings. The van der Waals surface area contributed by atoms with Crippen molar-refractivity contribution in [3.05, 3.63) is 60.4 Å². The molecule has 6 heteroatoms. The van der Waals surface area contributed by atoms with Gasteiger partial charge in [-0.1, -0.05) is 30.3 Å². The number of hydrogen-bond acceptors (Lipinski definition) is 4. The summed E-state index contributed by atoms with van der Waals surface area (Å²) in [6.45, 7) is 1.78. The molecule has 2 amide bonds. The minimum absolute atomic E-state index is 0.278. The summed E-state index contributed by atoms with van der Waals surface area (Å²) in [5, 5.41) is 6.95. The molecule has 6 nitrogen and oxygen atoms in total. The number of hydrogen-bond donors (Lipinski definition) is 3. The molecular formula is C15H18N4O2. The lowest BCUT2D eigenvalue weighted by atomic mass is 10.2. The van der Waals surface area contributed by atoms with E-state index in [0.29, 0.717) is 6.54 Å². The molecule has 0 aliphatic carbocycles. The van der Waals surface area contributed by atoms with E-state index in [9.17, 15) is 9.59 Å². The molecule has 0 fully saturated rings. The van der Waals surface area contributed by atoms with Gasteiger partial charge in [0.1, 0.15) is 0 Å². The van der Waals surface area contributed by atoms with Gasteiger partial charge in [0.15, 0.2) is 6.17 Å². The third kappa shape index (κ3) is 4.38. The molecule has 0 bridgehead atoms. The quantitative estimate of drug-likeness (QED) is 0.741. The normalized spacial score (nSPS) is 14.2. The molecule has 0 saturated heterocycles. The van der Waals surface area contributed by atoms with Crippen LogP contribution in [0.25, 0.3) is 0 Å². The van der Waals surface area contributed by atoms with Crippen LogP contribution in [0.15, 0.2) is 54.9 Å². The Hall–Kier alpha value is -2.76. The zero-order chi connectivity index (χ0) is 15.1. The van der Waals surface area contributed by atoms with Crippen molar-refractivity contribution in [1.82, 2.24) is 21.1 Å². The van der Waals surface area contributed by atoms with Crippen molar-refractivity contribution < 1.29 is 9.59 Å². The summed E-state index contributed by atoms with van der Waals surface area (Å²) in [6, 6.07) is 9.59. The molecule has 2 rings (SSSR count). The van der Waals surface area contributed by atoms with E-state index in [4.69, 9.17) is 0 Å². The van der Waals surface area contributed by atoms with Gasteiger partial charge in [0, 0.05) is 25.9 Å². The SMILES string of the molecule is CC(=O)NC(C(=O)NCc1ccccc1)N1C=CC=CN1. The first-order valence-corrected chi connectivity index (χ1v) is 6.63. The zero-order valence-corrected chi connectivity index (χ0v) is 11.7. The number of carbonyl (C=O) groups excluding carboxylic acids is 2. The Morgan fingerprint density at radius 1 is 1.24 bits per heavy atom. The van der Waals surface area contributed by atoms with Crippen LogP contribution in [0.5, 0.6) is 0 Å². The van der Waals surface area contributed by atoms with E-state index < -0.39 is 6.17 Å². The fraction of sp³-hybridized carbons (Fsp3) is 0.200. The largest absolute Gasteiger partial charge is 0.349 e. The summed E-state index contributed by atoms with van der Waals surface area (Å²) in [5.41, 5.74) is 3.89. The highest BCUT2D eigenvalue weighted by Gasteiger charge is 2.24. The first-order chi connectivity index (χ1) is 10.2. The van der Waals surface area contributed by atoms with Crippen molar-refractivity contribution in [1.29, 1.82) is 0 Å². The Bertz CT molecular complexity index is 554. The van der Waals surface area contributed by atoms with Crippen molar-refractivity contribution in [2.75, 3.05) is 0 Å². The first-order valence-electron chi connectivity index (χ1n) is 6.63. The van der Waals surface area contributed by atoms with Crippen molar-refractivity contribution in [3.8, 4) is 0 Å². The number of benzene rings is 1. The molecule has 0 spiro atoms. The lowest BCUT2D eigenvalue weighted by Gasteiger charge is -2.30. The molecular weight excluding hydrogens is 268 g/mol. The number of hydrazine groups is 1. The average Bonchev–Trinajstić information content (AvgIpc) is 2.52. The number of carbonyl (C=O) groups is 2. The van der Waals surface area contributed by atoms with E-state index in [0.717, 1.165) is 5.56 Å². The minimum atomic E-state index is -0.813. The van der Waals surface area contributed by atoms with Crippen LogP contribution in [0.4, 0.5) is 0 Å². The summed E-state index contributed by atoms with van der Waals surface area (Å²) >= 11 is 0. The lowest BCUT2D eigenvalue weighted by molar-refractivity contribution is -0.132. The van der Waals surface area contributed by atoms with Crippen LogP contribution in [-0.2, 0) is 16.1 Å². The van der Waals surface area contributed by atoms with Crippen LogP contribution in [0.3, 0.4) is 0 Å². The highest BCUT2D eigenvalue weighted by atomic mass is 16.2. The predicted molar refractivity (Wildman–Crippen MR) is 79.1 cm³/mol. The van der Waals surface area contributed by atoms with Crippen LogP contribution >= 0.6 is 0 Å². The Labute approximate surface area is 123 Å².